The molecule has 31 heavy (non-hydrogen) atoms. The Morgan fingerprint density at radius 3 is 1.74 bits per heavy atom. The van der Waals surface area contributed by atoms with Gasteiger partial charge in [-0.3, -0.25) is 9.59 Å². The summed E-state index contributed by atoms with van der Waals surface area (Å²) in [7, 11) is 0. The number of carbonyl (C=O) groups excluding carboxylic acids is 2. The van der Waals surface area contributed by atoms with E-state index in [-0.39, 0.29) is 11.8 Å². The zero-order chi connectivity index (χ0) is 21.9. The first-order valence-electron chi connectivity index (χ1n) is 10.9. The van der Waals surface area contributed by atoms with Crippen molar-refractivity contribution in [2.24, 2.45) is 0 Å². The van der Waals surface area contributed by atoms with Gasteiger partial charge < -0.3 is 10.6 Å². The summed E-state index contributed by atoms with van der Waals surface area (Å²) in [5, 5.41) is 5.93. The Balaban J connectivity index is 1.45. The lowest BCUT2D eigenvalue weighted by Crippen LogP contribution is -2.14. The fraction of sp³-hybridized carbons (Fsp3) is 0.259. The number of carbonyl (C=O) groups is 2. The van der Waals surface area contributed by atoms with Crippen molar-refractivity contribution in [2.45, 2.75) is 45.4 Å². The van der Waals surface area contributed by atoms with E-state index in [1.165, 1.54) is 11.1 Å². The number of hydrogen-bond acceptors (Lipinski definition) is 2. The van der Waals surface area contributed by atoms with Gasteiger partial charge in [0, 0.05) is 24.2 Å². The van der Waals surface area contributed by atoms with Crippen LogP contribution < -0.4 is 10.6 Å². The third-order valence-corrected chi connectivity index (χ3v) is 5.22. The molecule has 0 spiro atoms. The Morgan fingerprint density at radius 1 is 0.677 bits per heavy atom. The molecule has 0 aromatic heterocycles. The molecule has 2 amide bonds. The minimum Gasteiger partial charge on any atom is -0.326 e. The van der Waals surface area contributed by atoms with E-state index in [0.29, 0.717) is 18.5 Å². The summed E-state index contributed by atoms with van der Waals surface area (Å²) in [6.07, 6.45) is 4.28. The van der Waals surface area contributed by atoms with Crippen LogP contribution in [0.4, 0.5) is 11.4 Å². The van der Waals surface area contributed by atoms with Crippen molar-refractivity contribution in [3.8, 4) is 0 Å². The van der Waals surface area contributed by atoms with Crippen LogP contribution in [-0.2, 0) is 22.4 Å². The number of nitrogens with one attached hydrogen (secondary N) is 2. The summed E-state index contributed by atoms with van der Waals surface area (Å²) in [4.78, 5) is 24.7. The minimum absolute atomic E-state index is 0.00892. The minimum atomic E-state index is -0.0140. The number of aryl methyl sites for hydroxylation is 3. The van der Waals surface area contributed by atoms with Crippen LogP contribution in [-0.4, -0.2) is 11.8 Å². The van der Waals surface area contributed by atoms with Gasteiger partial charge in [-0.15, -0.1) is 0 Å². The van der Waals surface area contributed by atoms with Crippen LogP contribution in [0.2, 0.25) is 0 Å². The van der Waals surface area contributed by atoms with Crippen LogP contribution in [0.1, 0.15) is 42.4 Å². The fourth-order valence-corrected chi connectivity index (χ4v) is 3.47. The Labute approximate surface area is 184 Å². The third-order valence-electron chi connectivity index (χ3n) is 5.22. The van der Waals surface area contributed by atoms with Gasteiger partial charge in [-0.05, 0) is 61.4 Å². The fourth-order valence-electron chi connectivity index (χ4n) is 3.47. The van der Waals surface area contributed by atoms with Gasteiger partial charge in [0.25, 0.3) is 0 Å². The van der Waals surface area contributed by atoms with E-state index in [0.717, 1.165) is 36.9 Å². The zero-order valence-electron chi connectivity index (χ0n) is 18.1. The van der Waals surface area contributed by atoms with Crippen molar-refractivity contribution in [1.29, 1.82) is 0 Å². The predicted molar refractivity (Wildman–Crippen MR) is 127 cm³/mol. The van der Waals surface area contributed by atoms with Crippen molar-refractivity contribution >= 4 is 23.2 Å². The monoisotopic (exact) mass is 414 g/mol. The van der Waals surface area contributed by atoms with Gasteiger partial charge in [0.1, 0.15) is 0 Å². The summed E-state index contributed by atoms with van der Waals surface area (Å²) in [6.45, 7) is 1.95. The van der Waals surface area contributed by atoms with Crippen LogP contribution >= 0.6 is 0 Å². The third kappa shape index (κ3) is 7.74. The van der Waals surface area contributed by atoms with E-state index in [9.17, 15) is 9.59 Å². The van der Waals surface area contributed by atoms with Crippen LogP contribution in [0.5, 0.6) is 0 Å². The van der Waals surface area contributed by atoms with Crippen LogP contribution in [0, 0.1) is 6.92 Å². The van der Waals surface area contributed by atoms with E-state index >= 15 is 0 Å². The molecule has 0 bridgehead atoms. The maximum atomic E-state index is 12.4. The van der Waals surface area contributed by atoms with Crippen molar-refractivity contribution < 1.29 is 9.59 Å². The highest BCUT2D eigenvalue weighted by atomic mass is 16.2. The number of hydrogen-bond donors (Lipinski definition) is 2. The predicted octanol–water partition coefficient (Wildman–Crippen LogP) is 5.92. The van der Waals surface area contributed by atoms with Crippen molar-refractivity contribution in [3.63, 3.8) is 0 Å². The molecule has 3 rings (SSSR count). The first kappa shape index (κ1) is 22.3. The van der Waals surface area contributed by atoms with Crippen molar-refractivity contribution in [2.75, 3.05) is 10.6 Å². The number of rotatable bonds is 10. The van der Waals surface area contributed by atoms with E-state index in [2.05, 4.69) is 34.9 Å². The lowest BCUT2D eigenvalue weighted by atomic mass is 10.1. The second-order valence-electron chi connectivity index (χ2n) is 7.80. The molecule has 0 unspecified atom stereocenters. The molecule has 0 atom stereocenters. The molecule has 0 fully saturated rings. The lowest BCUT2D eigenvalue weighted by Gasteiger charge is -2.12. The summed E-state index contributed by atoms with van der Waals surface area (Å²) in [5.74, 6) is -0.0229. The van der Waals surface area contributed by atoms with Gasteiger partial charge in [-0.2, -0.15) is 0 Å². The van der Waals surface area contributed by atoms with E-state index < -0.39 is 0 Å². The highest BCUT2D eigenvalue weighted by molar-refractivity contribution is 5.94. The zero-order valence-corrected chi connectivity index (χ0v) is 18.1. The molecule has 160 valence electrons. The van der Waals surface area contributed by atoms with Crippen LogP contribution in [0.3, 0.4) is 0 Å². The highest BCUT2D eigenvalue weighted by Crippen LogP contribution is 2.21. The average Bonchev–Trinajstić information content (AvgIpc) is 2.77. The Bertz CT molecular complexity index is 985. The van der Waals surface area contributed by atoms with Crippen molar-refractivity contribution in [3.05, 3.63) is 95.6 Å². The van der Waals surface area contributed by atoms with Gasteiger partial charge in [0.05, 0.1) is 0 Å². The quantitative estimate of drug-likeness (QED) is 0.433. The Hall–Kier alpha value is -3.40. The van der Waals surface area contributed by atoms with Gasteiger partial charge in [-0.1, -0.05) is 66.7 Å². The normalized spacial score (nSPS) is 10.5. The molecule has 3 aromatic rings. The Kier molecular flexibility index (Phi) is 8.41. The van der Waals surface area contributed by atoms with E-state index in [4.69, 9.17) is 0 Å². The van der Waals surface area contributed by atoms with Gasteiger partial charge in [0.15, 0.2) is 0 Å². The molecule has 0 aliphatic heterocycles. The molecule has 0 saturated carbocycles. The molecule has 4 nitrogen and oxygen atoms in total. The molecule has 0 radical (unpaired) electrons. The molecule has 4 heteroatoms. The molecule has 0 aliphatic carbocycles. The molecule has 0 aliphatic rings. The lowest BCUT2D eigenvalue weighted by molar-refractivity contribution is -0.117. The van der Waals surface area contributed by atoms with Crippen LogP contribution in [0.25, 0.3) is 0 Å². The second-order valence-corrected chi connectivity index (χ2v) is 7.80. The maximum absolute atomic E-state index is 12.4. The standard InChI is InChI=1S/C27H30N2O2/c1-21-18-19-24(28-26(30)16-8-14-22-10-4-2-5-11-22)20-25(21)29-27(31)17-9-15-23-12-6-3-7-13-23/h2-7,10-13,18-20H,8-9,14-17H2,1H3,(H,28,30)(H,29,31). The molecule has 2 N–H and O–H groups in total. The summed E-state index contributed by atoms with van der Waals surface area (Å²) in [6, 6.07) is 26.0. The molecular weight excluding hydrogens is 384 g/mol. The second kappa shape index (κ2) is 11.7. The smallest absolute Gasteiger partial charge is 0.224 e. The number of anilines is 2. The van der Waals surface area contributed by atoms with E-state index in [1.807, 2.05) is 61.5 Å². The maximum Gasteiger partial charge on any atom is 0.224 e. The summed E-state index contributed by atoms with van der Waals surface area (Å²) < 4.78 is 0. The number of benzene rings is 3. The first-order chi connectivity index (χ1) is 15.1. The molecule has 3 aromatic carbocycles. The van der Waals surface area contributed by atoms with Gasteiger partial charge in [-0.25, -0.2) is 0 Å². The molecular formula is C27H30N2O2. The average molecular weight is 415 g/mol. The first-order valence-corrected chi connectivity index (χ1v) is 10.9. The van der Waals surface area contributed by atoms with E-state index in [1.54, 1.807) is 0 Å². The van der Waals surface area contributed by atoms with Crippen molar-refractivity contribution in [1.82, 2.24) is 0 Å². The largest absolute Gasteiger partial charge is 0.326 e. The molecule has 0 heterocycles. The summed E-state index contributed by atoms with van der Waals surface area (Å²) >= 11 is 0. The number of amides is 2. The SMILES string of the molecule is Cc1ccc(NC(=O)CCCc2ccccc2)cc1NC(=O)CCCc1ccccc1. The van der Waals surface area contributed by atoms with Gasteiger partial charge in [0.2, 0.25) is 11.8 Å². The Morgan fingerprint density at radius 2 is 1.19 bits per heavy atom. The highest BCUT2D eigenvalue weighted by Gasteiger charge is 2.08. The topological polar surface area (TPSA) is 58.2 Å². The summed E-state index contributed by atoms with van der Waals surface area (Å²) in [5.41, 5.74) is 4.89. The van der Waals surface area contributed by atoms with Gasteiger partial charge >= 0.3 is 0 Å². The van der Waals surface area contributed by atoms with Crippen LogP contribution in [0.15, 0.2) is 78.9 Å². The molecule has 0 saturated heterocycles.